The van der Waals surface area contributed by atoms with Gasteiger partial charge in [-0.05, 0) is 29.5 Å². The lowest BCUT2D eigenvalue weighted by Gasteiger charge is -2.31. The van der Waals surface area contributed by atoms with E-state index in [1.165, 1.54) is 23.8 Å². The molecule has 1 aliphatic heterocycles. The van der Waals surface area contributed by atoms with Crippen molar-refractivity contribution in [1.29, 1.82) is 0 Å². The highest BCUT2D eigenvalue weighted by Gasteiger charge is 2.43. The van der Waals surface area contributed by atoms with E-state index in [0.717, 1.165) is 24.0 Å². The molecule has 0 radical (unpaired) electrons. The monoisotopic (exact) mass is 294 g/mol. The van der Waals surface area contributed by atoms with Crippen LogP contribution in [0.5, 0.6) is 0 Å². The van der Waals surface area contributed by atoms with Gasteiger partial charge < -0.3 is 5.32 Å². The summed E-state index contributed by atoms with van der Waals surface area (Å²) in [6.07, 6.45) is 8.96. The van der Waals surface area contributed by atoms with Gasteiger partial charge in [-0.15, -0.1) is 0 Å². The molecule has 1 aromatic carbocycles. The molecule has 112 valence electrons. The molecule has 2 aliphatic rings. The first-order valence-corrected chi connectivity index (χ1v) is 6.99. The summed E-state index contributed by atoms with van der Waals surface area (Å²) in [5, 5.41) is 2.71. The molecular formula is C17H18N4O. The fourth-order valence-electron chi connectivity index (χ4n) is 3.25. The summed E-state index contributed by atoms with van der Waals surface area (Å²) >= 11 is 0. The minimum absolute atomic E-state index is 0. The minimum atomic E-state index is -0.598. The number of nitrogens with zero attached hydrogens (tertiary/aromatic N) is 3. The van der Waals surface area contributed by atoms with Gasteiger partial charge in [0.1, 0.15) is 11.9 Å². The van der Waals surface area contributed by atoms with Crippen LogP contribution in [-0.2, 0) is 17.6 Å². The average Bonchev–Trinajstić information content (AvgIpc) is 2.88. The third kappa shape index (κ3) is 2.09. The van der Waals surface area contributed by atoms with E-state index in [0.29, 0.717) is 6.42 Å². The summed E-state index contributed by atoms with van der Waals surface area (Å²) in [6.45, 7) is 0. The maximum atomic E-state index is 12.1. The molecule has 1 aromatic heterocycles. The molecule has 1 N–H and O–H groups in total. The predicted octanol–water partition coefficient (Wildman–Crippen LogP) is 2.17. The Hall–Kier alpha value is -2.56. The maximum absolute atomic E-state index is 12.1. The van der Waals surface area contributed by atoms with Crippen LogP contribution in [0, 0.1) is 0 Å². The normalized spacial score (nSPS) is 22.1. The van der Waals surface area contributed by atoms with Gasteiger partial charge in [0, 0.05) is 24.4 Å². The lowest BCUT2D eigenvalue weighted by atomic mass is 9.76. The molecule has 1 aliphatic carbocycles. The summed E-state index contributed by atoms with van der Waals surface area (Å²) in [5.74, 6) is 0.0154. The summed E-state index contributed by atoms with van der Waals surface area (Å²) in [5.41, 5.74) is 4.05. The zero-order chi connectivity index (χ0) is 14.3. The van der Waals surface area contributed by atoms with Gasteiger partial charge in [-0.3, -0.25) is 9.79 Å². The van der Waals surface area contributed by atoms with Crippen molar-refractivity contribution in [1.82, 2.24) is 15.3 Å². The van der Waals surface area contributed by atoms with Crippen LogP contribution in [0.3, 0.4) is 0 Å². The standard InChI is InChI=1S/C16H14N4O.CH4/c21-15-16(20-10-19-15)5-4-14-11(6-16)2-1-3-13(14)12-7-17-9-18-8-12;/h1-3,7-10H,4-6H2,(H,19,20,21);1H4. The second-order valence-electron chi connectivity index (χ2n) is 5.51. The number of hydrogen-bond acceptors (Lipinski definition) is 4. The molecular weight excluding hydrogens is 276 g/mol. The minimum Gasteiger partial charge on any atom is -0.315 e. The fraction of sp³-hybridized carbons (Fsp3) is 0.294. The van der Waals surface area contributed by atoms with Crippen LogP contribution in [0.4, 0.5) is 0 Å². The van der Waals surface area contributed by atoms with E-state index in [9.17, 15) is 4.79 Å². The molecule has 2 aromatic rings. The van der Waals surface area contributed by atoms with E-state index in [4.69, 9.17) is 0 Å². The number of hydrogen-bond donors (Lipinski definition) is 1. The Kier molecular flexibility index (Phi) is 3.48. The quantitative estimate of drug-likeness (QED) is 0.876. The van der Waals surface area contributed by atoms with Crippen molar-refractivity contribution in [3.05, 3.63) is 48.0 Å². The topological polar surface area (TPSA) is 67.2 Å². The number of amides is 1. The van der Waals surface area contributed by atoms with E-state index < -0.39 is 5.54 Å². The van der Waals surface area contributed by atoms with Crippen LogP contribution in [0.15, 0.2) is 41.9 Å². The van der Waals surface area contributed by atoms with Gasteiger partial charge in [-0.1, -0.05) is 25.6 Å². The molecule has 5 nitrogen and oxygen atoms in total. The van der Waals surface area contributed by atoms with Crippen molar-refractivity contribution >= 4 is 12.2 Å². The number of carbonyl (C=O) groups is 1. The van der Waals surface area contributed by atoms with E-state index in [-0.39, 0.29) is 13.3 Å². The second-order valence-corrected chi connectivity index (χ2v) is 5.51. The Balaban J connectivity index is 0.00000144. The van der Waals surface area contributed by atoms with Gasteiger partial charge in [0.15, 0.2) is 0 Å². The first kappa shape index (κ1) is 14.4. The van der Waals surface area contributed by atoms with Gasteiger partial charge in [-0.25, -0.2) is 9.97 Å². The van der Waals surface area contributed by atoms with Gasteiger partial charge in [0.05, 0.1) is 6.34 Å². The van der Waals surface area contributed by atoms with Crippen molar-refractivity contribution in [3.8, 4) is 11.1 Å². The van der Waals surface area contributed by atoms with E-state index in [2.05, 4.69) is 32.4 Å². The Labute approximate surface area is 129 Å². The van der Waals surface area contributed by atoms with E-state index in [1.807, 2.05) is 18.5 Å². The Morgan fingerprint density at radius 3 is 2.73 bits per heavy atom. The average molecular weight is 294 g/mol. The lowest BCUT2D eigenvalue weighted by molar-refractivity contribution is -0.124. The van der Waals surface area contributed by atoms with Crippen LogP contribution >= 0.6 is 0 Å². The first-order valence-electron chi connectivity index (χ1n) is 6.99. The summed E-state index contributed by atoms with van der Waals surface area (Å²) < 4.78 is 0. The number of aliphatic imine (C=N–C) groups is 1. The van der Waals surface area contributed by atoms with Crippen LogP contribution in [-0.4, -0.2) is 27.8 Å². The number of rotatable bonds is 1. The third-order valence-corrected chi connectivity index (χ3v) is 4.35. The summed E-state index contributed by atoms with van der Waals surface area (Å²) in [6, 6.07) is 6.20. The lowest BCUT2D eigenvalue weighted by Crippen LogP contribution is -2.43. The number of fused-ring (bicyclic) bond motifs is 1. The number of aromatic nitrogens is 2. The highest BCUT2D eigenvalue weighted by molar-refractivity contribution is 6.00. The molecule has 0 saturated heterocycles. The molecule has 1 atom stereocenters. The molecule has 1 unspecified atom stereocenters. The van der Waals surface area contributed by atoms with Gasteiger partial charge >= 0.3 is 0 Å². The first-order chi connectivity index (χ1) is 10.3. The van der Waals surface area contributed by atoms with Gasteiger partial charge in [0.25, 0.3) is 5.91 Å². The maximum Gasteiger partial charge on any atom is 0.253 e. The fourth-order valence-corrected chi connectivity index (χ4v) is 3.25. The number of nitrogens with one attached hydrogen (secondary N) is 1. The highest BCUT2D eigenvalue weighted by atomic mass is 16.2. The summed E-state index contributed by atoms with van der Waals surface area (Å²) in [4.78, 5) is 24.6. The Morgan fingerprint density at radius 2 is 2.00 bits per heavy atom. The molecule has 1 spiro atoms. The van der Waals surface area contributed by atoms with Crippen molar-refractivity contribution in [2.24, 2.45) is 4.99 Å². The van der Waals surface area contributed by atoms with Crippen LogP contribution in [0.2, 0.25) is 0 Å². The van der Waals surface area contributed by atoms with Crippen LogP contribution < -0.4 is 5.32 Å². The molecule has 0 fully saturated rings. The third-order valence-electron chi connectivity index (χ3n) is 4.35. The molecule has 1 amide bonds. The Morgan fingerprint density at radius 1 is 1.18 bits per heavy atom. The zero-order valence-electron chi connectivity index (χ0n) is 11.4. The largest absolute Gasteiger partial charge is 0.315 e. The van der Waals surface area contributed by atoms with Crippen molar-refractivity contribution in [2.75, 3.05) is 0 Å². The number of carbonyl (C=O) groups excluding carboxylic acids is 1. The van der Waals surface area contributed by atoms with Crippen LogP contribution in [0.1, 0.15) is 25.0 Å². The molecule has 2 heterocycles. The molecule has 0 saturated carbocycles. The second kappa shape index (κ2) is 5.33. The van der Waals surface area contributed by atoms with Crippen molar-refractivity contribution < 1.29 is 4.79 Å². The predicted molar refractivity (Wildman–Crippen MR) is 85.6 cm³/mol. The molecule has 4 rings (SSSR count). The molecule has 5 heteroatoms. The highest BCUT2D eigenvalue weighted by Crippen LogP contribution is 2.37. The van der Waals surface area contributed by atoms with Gasteiger partial charge in [-0.2, -0.15) is 0 Å². The summed E-state index contributed by atoms with van der Waals surface area (Å²) in [7, 11) is 0. The van der Waals surface area contributed by atoms with Crippen molar-refractivity contribution in [3.63, 3.8) is 0 Å². The van der Waals surface area contributed by atoms with Crippen molar-refractivity contribution in [2.45, 2.75) is 32.2 Å². The van der Waals surface area contributed by atoms with E-state index >= 15 is 0 Å². The molecule has 22 heavy (non-hydrogen) atoms. The van der Waals surface area contributed by atoms with Crippen LogP contribution in [0.25, 0.3) is 11.1 Å². The smallest absolute Gasteiger partial charge is 0.253 e. The SMILES string of the molecule is C.O=C1NC=NC12CCc1c(cccc1-c1cncnc1)C2. The van der Waals surface area contributed by atoms with E-state index in [1.54, 1.807) is 0 Å². The zero-order valence-corrected chi connectivity index (χ0v) is 11.4. The van der Waals surface area contributed by atoms with Gasteiger partial charge in [0.2, 0.25) is 0 Å². The Bertz CT molecular complexity index is 742. The molecule has 0 bridgehead atoms. The number of benzene rings is 1.